The zero-order valence-electron chi connectivity index (χ0n) is 12.8. The summed E-state index contributed by atoms with van der Waals surface area (Å²) < 4.78 is 38.1. The first kappa shape index (κ1) is 15.6. The Balaban J connectivity index is 2.18. The summed E-state index contributed by atoms with van der Waals surface area (Å²) in [6.07, 6.45) is 0.919. The minimum absolute atomic E-state index is 0.185. The largest absolute Gasteiger partial charge is 0.482 e. The normalized spacial score (nSPS) is 17.4. The monoisotopic (exact) mass is 331 g/mol. The van der Waals surface area contributed by atoms with E-state index in [1.165, 1.54) is 18.5 Å². The SMILES string of the molecule is COC1=Cc2ccccc2C(OC)N1S(=O)(=O)c1ccccc1. The predicted molar refractivity (Wildman–Crippen MR) is 86.6 cm³/mol. The molecule has 0 radical (unpaired) electrons. The summed E-state index contributed by atoms with van der Waals surface area (Å²) in [5.41, 5.74) is 1.64. The van der Waals surface area contributed by atoms with Crippen LogP contribution in [0.15, 0.2) is 65.4 Å². The molecule has 0 fully saturated rings. The van der Waals surface area contributed by atoms with E-state index in [4.69, 9.17) is 9.47 Å². The topological polar surface area (TPSA) is 55.8 Å². The molecule has 120 valence electrons. The molecule has 1 unspecified atom stereocenters. The minimum Gasteiger partial charge on any atom is -0.482 e. The first-order valence-electron chi connectivity index (χ1n) is 7.06. The highest BCUT2D eigenvalue weighted by Crippen LogP contribution is 2.38. The molecule has 23 heavy (non-hydrogen) atoms. The third-order valence-electron chi connectivity index (χ3n) is 3.70. The van der Waals surface area contributed by atoms with Crippen molar-refractivity contribution in [3.05, 3.63) is 71.6 Å². The van der Waals surface area contributed by atoms with Crippen molar-refractivity contribution in [3.63, 3.8) is 0 Å². The van der Waals surface area contributed by atoms with E-state index >= 15 is 0 Å². The predicted octanol–water partition coefficient (Wildman–Crippen LogP) is 2.98. The van der Waals surface area contributed by atoms with E-state index in [0.29, 0.717) is 0 Å². The van der Waals surface area contributed by atoms with E-state index in [1.807, 2.05) is 24.3 Å². The van der Waals surface area contributed by atoms with Gasteiger partial charge in [-0.15, -0.1) is 0 Å². The van der Waals surface area contributed by atoms with Gasteiger partial charge < -0.3 is 9.47 Å². The van der Waals surface area contributed by atoms with Gasteiger partial charge >= 0.3 is 0 Å². The molecule has 6 heteroatoms. The number of nitrogens with zero attached hydrogens (tertiary/aromatic N) is 1. The van der Waals surface area contributed by atoms with Crippen LogP contribution in [0.5, 0.6) is 0 Å². The van der Waals surface area contributed by atoms with Crippen molar-refractivity contribution in [1.82, 2.24) is 4.31 Å². The van der Waals surface area contributed by atoms with Crippen molar-refractivity contribution in [2.45, 2.75) is 11.1 Å². The number of methoxy groups -OCH3 is 2. The molecule has 3 rings (SSSR count). The third-order valence-corrected chi connectivity index (χ3v) is 5.46. The lowest BCUT2D eigenvalue weighted by atomic mass is 10.0. The Morgan fingerprint density at radius 2 is 1.61 bits per heavy atom. The molecule has 2 aromatic rings. The fraction of sp³-hybridized carbons (Fsp3) is 0.176. The van der Waals surface area contributed by atoms with E-state index in [-0.39, 0.29) is 10.8 Å². The molecule has 1 atom stereocenters. The highest BCUT2D eigenvalue weighted by Gasteiger charge is 2.38. The van der Waals surface area contributed by atoms with Gasteiger partial charge in [0.05, 0.1) is 12.0 Å². The lowest BCUT2D eigenvalue weighted by Crippen LogP contribution is -2.38. The van der Waals surface area contributed by atoms with E-state index in [1.54, 1.807) is 36.4 Å². The molecule has 0 N–H and O–H groups in total. The number of rotatable bonds is 4. The van der Waals surface area contributed by atoms with Gasteiger partial charge in [-0.1, -0.05) is 42.5 Å². The van der Waals surface area contributed by atoms with Crippen molar-refractivity contribution in [2.75, 3.05) is 14.2 Å². The summed E-state index contributed by atoms with van der Waals surface area (Å²) in [6.45, 7) is 0. The summed E-state index contributed by atoms with van der Waals surface area (Å²) in [5, 5.41) is 0. The Kier molecular flexibility index (Phi) is 4.11. The lowest BCUT2D eigenvalue weighted by molar-refractivity contribution is 0.000795. The van der Waals surface area contributed by atoms with Crippen LogP contribution in [0.25, 0.3) is 6.08 Å². The number of benzene rings is 2. The molecule has 0 amide bonds. The number of hydrogen-bond acceptors (Lipinski definition) is 4. The average Bonchev–Trinajstić information content (AvgIpc) is 2.60. The van der Waals surface area contributed by atoms with Crippen LogP contribution in [0.1, 0.15) is 17.4 Å². The maximum absolute atomic E-state index is 13.1. The quantitative estimate of drug-likeness (QED) is 0.864. The molecular weight excluding hydrogens is 314 g/mol. The van der Waals surface area contributed by atoms with Gasteiger partial charge in [0.15, 0.2) is 6.23 Å². The second kappa shape index (κ2) is 6.06. The Morgan fingerprint density at radius 1 is 0.957 bits per heavy atom. The fourth-order valence-electron chi connectivity index (χ4n) is 2.63. The maximum atomic E-state index is 13.1. The lowest BCUT2D eigenvalue weighted by Gasteiger charge is -2.35. The van der Waals surface area contributed by atoms with Crippen LogP contribution in [0.2, 0.25) is 0 Å². The van der Waals surface area contributed by atoms with Crippen molar-refractivity contribution in [2.24, 2.45) is 0 Å². The van der Waals surface area contributed by atoms with Crippen LogP contribution in [-0.4, -0.2) is 26.9 Å². The van der Waals surface area contributed by atoms with Gasteiger partial charge in [0.1, 0.15) is 0 Å². The van der Waals surface area contributed by atoms with Crippen molar-refractivity contribution >= 4 is 16.1 Å². The van der Waals surface area contributed by atoms with Crippen LogP contribution in [0, 0.1) is 0 Å². The molecule has 0 bridgehead atoms. The minimum atomic E-state index is -3.81. The number of hydrogen-bond donors (Lipinski definition) is 0. The highest BCUT2D eigenvalue weighted by molar-refractivity contribution is 7.89. The average molecular weight is 331 g/mol. The zero-order valence-corrected chi connectivity index (χ0v) is 13.7. The van der Waals surface area contributed by atoms with Crippen LogP contribution in [0.3, 0.4) is 0 Å². The third kappa shape index (κ3) is 2.60. The van der Waals surface area contributed by atoms with Gasteiger partial charge in [0.2, 0.25) is 5.88 Å². The Bertz CT molecular complexity index is 831. The number of fused-ring (bicyclic) bond motifs is 1. The van der Waals surface area contributed by atoms with E-state index in [9.17, 15) is 8.42 Å². The summed E-state index contributed by atoms with van der Waals surface area (Å²) in [6, 6.07) is 15.7. The molecule has 0 aliphatic carbocycles. The van der Waals surface area contributed by atoms with Crippen LogP contribution < -0.4 is 0 Å². The molecule has 1 heterocycles. The smallest absolute Gasteiger partial charge is 0.269 e. The van der Waals surface area contributed by atoms with E-state index < -0.39 is 16.3 Å². The van der Waals surface area contributed by atoms with Gasteiger partial charge in [-0.05, 0) is 17.7 Å². The first-order valence-corrected chi connectivity index (χ1v) is 8.50. The molecule has 0 saturated heterocycles. The Hall–Kier alpha value is -2.31. The van der Waals surface area contributed by atoms with E-state index in [2.05, 4.69) is 0 Å². The van der Waals surface area contributed by atoms with Crippen molar-refractivity contribution in [3.8, 4) is 0 Å². The van der Waals surface area contributed by atoms with Gasteiger partial charge in [0, 0.05) is 18.7 Å². The molecule has 1 aliphatic rings. The first-order chi connectivity index (χ1) is 11.1. The zero-order chi connectivity index (χ0) is 16.4. The molecule has 2 aromatic carbocycles. The van der Waals surface area contributed by atoms with Gasteiger partial charge in [0.25, 0.3) is 10.0 Å². The molecule has 0 spiro atoms. The Labute approximate surface area is 135 Å². The number of sulfonamides is 1. The van der Waals surface area contributed by atoms with Crippen LogP contribution >= 0.6 is 0 Å². The second-order valence-electron chi connectivity index (χ2n) is 5.02. The molecular formula is C17H17NO4S. The van der Waals surface area contributed by atoms with Gasteiger partial charge in [-0.2, -0.15) is 0 Å². The van der Waals surface area contributed by atoms with Crippen LogP contribution in [-0.2, 0) is 19.5 Å². The van der Waals surface area contributed by atoms with Crippen LogP contribution in [0.4, 0.5) is 0 Å². The molecule has 1 aliphatic heterocycles. The summed E-state index contributed by atoms with van der Waals surface area (Å²) in [5.74, 6) is 0.222. The standard InChI is InChI=1S/C17H17NO4S/c1-21-16-12-13-8-6-7-11-15(13)17(22-2)18(16)23(19,20)14-9-4-3-5-10-14/h3-12,17H,1-2H3. The summed E-state index contributed by atoms with van der Waals surface area (Å²) in [4.78, 5) is 0.185. The van der Waals surface area contributed by atoms with Gasteiger partial charge in [-0.25, -0.2) is 12.7 Å². The van der Waals surface area contributed by atoms with Gasteiger partial charge in [-0.3, -0.25) is 0 Å². The highest BCUT2D eigenvalue weighted by atomic mass is 32.2. The molecule has 5 nitrogen and oxygen atoms in total. The molecule has 0 saturated carbocycles. The second-order valence-corrected chi connectivity index (χ2v) is 6.83. The van der Waals surface area contributed by atoms with E-state index in [0.717, 1.165) is 11.1 Å². The Morgan fingerprint density at radius 3 is 2.26 bits per heavy atom. The van der Waals surface area contributed by atoms with Crippen molar-refractivity contribution in [1.29, 1.82) is 0 Å². The fourth-order valence-corrected chi connectivity index (χ4v) is 4.17. The number of ether oxygens (including phenoxy) is 2. The van der Waals surface area contributed by atoms with Crippen molar-refractivity contribution < 1.29 is 17.9 Å². The summed E-state index contributed by atoms with van der Waals surface area (Å²) >= 11 is 0. The maximum Gasteiger partial charge on any atom is 0.269 e. The summed E-state index contributed by atoms with van der Waals surface area (Å²) in [7, 11) is -0.888. The molecule has 0 aromatic heterocycles.